The van der Waals surface area contributed by atoms with Gasteiger partial charge in [-0.2, -0.15) is 0 Å². The lowest BCUT2D eigenvalue weighted by Gasteiger charge is -2.32. The molecule has 24 heavy (non-hydrogen) atoms. The minimum atomic E-state index is 0.749. The van der Waals surface area contributed by atoms with Crippen molar-refractivity contribution < 1.29 is 4.84 Å². The van der Waals surface area contributed by atoms with Crippen molar-refractivity contribution in [2.45, 2.75) is 64.7 Å². The molecule has 1 saturated carbocycles. The normalized spacial score (nSPS) is 23.9. The maximum Gasteiger partial charge on any atom is 0.118 e. The van der Waals surface area contributed by atoms with Gasteiger partial charge >= 0.3 is 0 Å². The maximum atomic E-state index is 5.65. The Bertz CT molecular complexity index is 398. The number of allylic oxidation sites excluding steroid dienone is 2. The van der Waals surface area contributed by atoms with Gasteiger partial charge < -0.3 is 14.6 Å². The van der Waals surface area contributed by atoms with Crippen LogP contribution in [0, 0.1) is 0 Å². The summed E-state index contributed by atoms with van der Waals surface area (Å²) >= 11 is 0. The number of piperazine rings is 1. The van der Waals surface area contributed by atoms with E-state index in [-0.39, 0.29) is 0 Å². The zero-order valence-corrected chi connectivity index (χ0v) is 15.9. The van der Waals surface area contributed by atoms with E-state index in [9.17, 15) is 0 Å². The molecule has 0 aromatic rings. The number of likely N-dealkylation sites (N-methyl/N-ethyl adjacent to an activating group) is 1. The Morgan fingerprint density at radius 1 is 1.04 bits per heavy atom. The third-order valence-corrected chi connectivity index (χ3v) is 5.16. The van der Waals surface area contributed by atoms with Crippen LogP contribution in [0.1, 0.15) is 64.7 Å². The number of hydrogen-bond donors (Lipinski definition) is 0. The summed E-state index contributed by atoms with van der Waals surface area (Å²) in [5.41, 5.74) is 2.67. The molecule has 0 atom stereocenters. The number of rotatable bonds is 9. The SMILES string of the molecule is CCCCC/C=C1\CCCC\C1=N/OCCCN1CCN(C)CC1. The summed E-state index contributed by atoms with van der Waals surface area (Å²) in [4.78, 5) is 10.6. The highest BCUT2D eigenvalue weighted by Crippen LogP contribution is 2.22. The van der Waals surface area contributed by atoms with Crippen LogP contribution < -0.4 is 0 Å². The van der Waals surface area contributed by atoms with Crippen molar-refractivity contribution in [2.24, 2.45) is 5.16 Å². The van der Waals surface area contributed by atoms with E-state index in [1.54, 1.807) is 0 Å². The van der Waals surface area contributed by atoms with E-state index < -0.39 is 0 Å². The molecule has 2 aliphatic rings. The van der Waals surface area contributed by atoms with Gasteiger partial charge in [0.1, 0.15) is 6.61 Å². The molecule has 0 bridgehead atoms. The molecule has 1 aliphatic heterocycles. The van der Waals surface area contributed by atoms with E-state index in [4.69, 9.17) is 4.84 Å². The Balaban J connectivity index is 1.65. The molecule has 2 rings (SSSR count). The van der Waals surface area contributed by atoms with Crippen LogP contribution >= 0.6 is 0 Å². The van der Waals surface area contributed by atoms with Crippen LogP contribution in [0.15, 0.2) is 16.8 Å². The quantitative estimate of drug-likeness (QED) is 0.469. The van der Waals surface area contributed by atoms with E-state index in [1.807, 2.05) is 0 Å². The predicted molar refractivity (Wildman–Crippen MR) is 103 cm³/mol. The molecule has 1 saturated heterocycles. The van der Waals surface area contributed by atoms with Crippen molar-refractivity contribution >= 4 is 5.71 Å². The fourth-order valence-electron chi connectivity index (χ4n) is 3.46. The smallest absolute Gasteiger partial charge is 0.118 e. The molecule has 0 radical (unpaired) electrons. The van der Waals surface area contributed by atoms with Gasteiger partial charge in [0.05, 0.1) is 5.71 Å². The minimum absolute atomic E-state index is 0.749. The molecule has 4 heteroatoms. The maximum absolute atomic E-state index is 5.65. The first kappa shape index (κ1) is 19.5. The first-order chi connectivity index (χ1) is 11.8. The lowest BCUT2D eigenvalue weighted by molar-refractivity contribution is 0.110. The second-order valence-electron chi connectivity index (χ2n) is 7.30. The molecule has 0 aromatic carbocycles. The summed E-state index contributed by atoms with van der Waals surface area (Å²) in [5.74, 6) is 0. The molecular formula is C20H37N3O. The zero-order chi connectivity index (χ0) is 17.0. The molecule has 4 nitrogen and oxygen atoms in total. The second kappa shape index (κ2) is 11.6. The molecular weight excluding hydrogens is 298 g/mol. The van der Waals surface area contributed by atoms with E-state index >= 15 is 0 Å². The van der Waals surface area contributed by atoms with E-state index in [1.165, 1.54) is 82.4 Å². The van der Waals surface area contributed by atoms with Crippen molar-refractivity contribution in [3.8, 4) is 0 Å². The first-order valence-corrected chi connectivity index (χ1v) is 10.1. The molecule has 2 fully saturated rings. The number of oxime groups is 1. The van der Waals surface area contributed by atoms with Crippen molar-refractivity contribution in [1.29, 1.82) is 0 Å². The molecule has 0 unspecified atom stereocenters. The van der Waals surface area contributed by atoms with E-state index in [0.717, 1.165) is 26.0 Å². The van der Waals surface area contributed by atoms with Gasteiger partial charge in [0.15, 0.2) is 0 Å². The van der Waals surface area contributed by atoms with Crippen LogP contribution in [0.4, 0.5) is 0 Å². The van der Waals surface area contributed by atoms with Crippen LogP contribution in [-0.4, -0.2) is 61.9 Å². The van der Waals surface area contributed by atoms with Crippen LogP contribution in [0.3, 0.4) is 0 Å². The molecule has 0 aromatic heterocycles. The van der Waals surface area contributed by atoms with Gasteiger partial charge in [-0.25, -0.2) is 0 Å². The second-order valence-corrected chi connectivity index (χ2v) is 7.30. The zero-order valence-electron chi connectivity index (χ0n) is 15.9. The Morgan fingerprint density at radius 3 is 2.62 bits per heavy atom. The molecule has 1 heterocycles. The van der Waals surface area contributed by atoms with Gasteiger partial charge in [-0.05, 0) is 57.6 Å². The summed E-state index contributed by atoms with van der Waals surface area (Å²) < 4.78 is 0. The molecule has 0 amide bonds. The summed E-state index contributed by atoms with van der Waals surface area (Å²) in [5, 5.41) is 4.48. The molecule has 1 aliphatic carbocycles. The Kier molecular flexibility index (Phi) is 9.44. The fraction of sp³-hybridized carbons (Fsp3) is 0.850. The lowest BCUT2D eigenvalue weighted by Crippen LogP contribution is -2.44. The molecule has 138 valence electrons. The van der Waals surface area contributed by atoms with Crippen molar-refractivity contribution in [1.82, 2.24) is 9.80 Å². The Hall–Kier alpha value is -0.870. The predicted octanol–water partition coefficient (Wildman–Crippen LogP) is 4.08. The summed E-state index contributed by atoms with van der Waals surface area (Å²) in [6.45, 7) is 8.91. The van der Waals surface area contributed by atoms with Crippen molar-refractivity contribution in [2.75, 3.05) is 46.4 Å². The highest BCUT2D eigenvalue weighted by atomic mass is 16.6. The largest absolute Gasteiger partial charge is 0.396 e. The summed E-state index contributed by atoms with van der Waals surface area (Å²) in [6.07, 6.45) is 13.5. The Morgan fingerprint density at radius 2 is 1.83 bits per heavy atom. The van der Waals surface area contributed by atoms with Gasteiger partial charge in [0.25, 0.3) is 0 Å². The van der Waals surface area contributed by atoms with Crippen LogP contribution in [0.5, 0.6) is 0 Å². The fourth-order valence-corrected chi connectivity index (χ4v) is 3.46. The van der Waals surface area contributed by atoms with Gasteiger partial charge in [-0.15, -0.1) is 0 Å². The number of nitrogens with zero attached hydrogens (tertiary/aromatic N) is 3. The summed E-state index contributed by atoms with van der Waals surface area (Å²) in [7, 11) is 2.20. The number of hydrogen-bond acceptors (Lipinski definition) is 4. The van der Waals surface area contributed by atoms with Gasteiger partial charge in [-0.3, -0.25) is 0 Å². The van der Waals surface area contributed by atoms with E-state index in [0.29, 0.717) is 0 Å². The summed E-state index contributed by atoms with van der Waals surface area (Å²) in [6, 6.07) is 0. The van der Waals surface area contributed by atoms with Gasteiger partial charge in [0.2, 0.25) is 0 Å². The molecule has 0 N–H and O–H groups in total. The third-order valence-electron chi connectivity index (χ3n) is 5.16. The average Bonchev–Trinajstić information content (AvgIpc) is 2.61. The monoisotopic (exact) mass is 335 g/mol. The highest BCUT2D eigenvalue weighted by Gasteiger charge is 2.14. The average molecular weight is 336 g/mol. The van der Waals surface area contributed by atoms with Gasteiger partial charge in [-0.1, -0.05) is 31.0 Å². The van der Waals surface area contributed by atoms with Gasteiger partial charge in [0, 0.05) is 32.7 Å². The minimum Gasteiger partial charge on any atom is -0.396 e. The van der Waals surface area contributed by atoms with Crippen LogP contribution in [-0.2, 0) is 4.84 Å². The Labute approximate surface area is 148 Å². The lowest BCUT2D eigenvalue weighted by atomic mass is 9.92. The van der Waals surface area contributed by atoms with Crippen molar-refractivity contribution in [3.63, 3.8) is 0 Å². The molecule has 0 spiro atoms. The van der Waals surface area contributed by atoms with Crippen LogP contribution in [0.2, 0.25) is 0 Å². The van der Waals surface area contributed by atoms with Crippen molar-refractivity contribution in [3.05, 3.63) is 11.6 Å². The van der Waals surface area contributed by atoms with E-state index in [2.05, 4.69) is 35.0 Å². The topological polar surface area (TPSA) is 28.1 Å². The number of unbranched alkanes of at least 4 members (excludes halogenated alkanes) is 3. The van der Waals surface area contributed by atoms with Crippen LogP contribution in [0.25, 0.3) is 0 Å². The third kappa shape index (κ3) is 7.35. The highest BCUT2D eigenvalue weighted by molar-refractivity contribution is 6.00. The standard InChI is InChI=1S/C20H37N3O/c1-3-4-5-6-10-19-11-7-8-12-20(19)21-24-18-9-13-23-16-14-22(2)15-17-23/h10H,3-9,11-18H2,1-2H3/b19-10+,21-20+. The first-order valence-electron chi connectivity index (χ1n) is 10.1.